The molecule has 0 saturated heterocycles. The third-order valence-electron chi connectivity index (χ3n) is 3.36. The SMILES string of the molecule is Cc1ccnc(N2CCc3c2cccc3C(F)(F)F)n1. The van der Waals surface area contributed by atoms with Crippen molar-refractivity contribution < 1.29 is 13.2 Å². The molecule has 2 heterocycles. The maximum atomic E-state index is 13.0. The Morgan fingerprint density at radius 2 is 2.00 bits per heavy atom. The molecule has 1 aliphatic rings. The summed E-state index contributed by atoms with van der Waals surface area (Å²) in [7, 11) is 0. The van der Waals surface area contributed by atoms with Gasteiger partial charge in [0.1, 0.15) is 0 Å². The summed E-state index contributed by atoms with van der Waals surface area (Å²) in [5.74, 6) is 0.447. The molecule has 0 fully saturated rings. The Labute approximate surface area is 114 Å². The van der Waals surface area contributed by atoms with Crippen LogP contribution >= 0.6 is 0 Å². The minimum absolute atomic E-state index is 0.324. The first-order valence-electron chi connectivity index (χ1n) is 6.23. The lowest BCUT2D eigenvalue weighted by molar-refractivity contribution is -0.138. The summed E-state index contributed by atoms with van der Waals surface area (Å²) in [5.41, 5.74) is 1.09. The number of fused-ring (bicyclic) bond motifs is 1. The number of aromatic nitrogens is 2. The van der Waals surface area contributed by atoms with E-state index in [0.29, 0.717) is 30.2 Å². The van der Waals surface area contributed by atoms with Gasteiger partial charge >= 0.3 is 6.18 Å². The van der Waals surface area contributed by atoms with E-state index in [1.54, 1.807) is 23.2 Å². The highest BCUT2D eigenvalue weighted by Crippen LogP contribution is 2.41. The van der Waals surface area contributed by atoms with Crippen molar-refractivity contribution >= 4 is 11.6 Å². The van der Waals surface area contributed by atoms with Gasteiger partial charge in [-0.15, -0.1) is 0 Å². The highest BCUT2D eigenvalue weighted by molar-refractivity contribution is 5.68. The number of rotatable bonds is 1. The second kappa shape index (κ2) is 4.47. The van der Waals surface area contributed by atoms with Gasteiger partial charge in [-0.05, 0) is 37.1 Å². The fourth-order valence-corrected chi connectivity index (χ4v) is 2.47. The monoisotopic (exact) mass is 279 g/mol. The van der Waals surface area contributed by atoms with E-state index in [2.05, 4.69) is 9.97 Å². The van der Waals surface area contributed by atoms with E-state index in [0.717, 1.165) is 11.8 Å². The van der Waals surface area contributed by atoms with E-state index in [1.807, 2.05) is 6.92 Å². The predicted octanol–water partition coefficient (Wildman–Crippen LogP) is 3.50. The van der Waals surface area contributed by atoms with Crippen LogP contribution < -0.4 is 4.90 Å². The van der Waals surface area contributed by atoms with Crippen LogP contribution in [-0.4, -0.2) is 16.5 Å². The quantitative estimate of drug-likeness (QED) is 0.800. The molecule has 0 radical (unpaired) electrons. The number of halogens is 3. The number of benzene rings is 1. The molecule has 1 aromatic heterocycles. The zero-order chi connectivity index (χ0) is 14.3. The van der Waals surface area contributed by atoms with Crippen molar-refractivity contribution in [2.45, 2.75) is 19.5 Å². The molecule has 0 unspecified atom stereocenters. The number of nitrogens with zero attached hydrogens (tertiary/aromatic N) is 3. The van der Waals surface area contributed by atoms with Crippen LogP contribution in [0.15, 0.2) is 30.5 Å². The molecular weight excluding hydrogens is 267 g/mol. The van der Waals surface area contributed by atoms with Gasteiger partial charge in [-0.25, -0.2) is 9.97 Å². The molecule has 1 aromatic carbocycles. The lowest BCUT2D eigenvalue weighted by atomic mass is 10.0. The maximum absolute atomic E-state index is 13.0. The molecule has 2 aromatic rings. The van der Waals surface area contributed by atoms with Crippen LogP contribution in [0.5, 0.6) is 0 Å². The van der Waals surface area contributed by atoms with Gasteiger partial charge in [-0.2, -0.15) is 13.2 Å². The molecule has 0 aliphatic carbocycles. The predicted molar refractivity (Wildman–Crippen MR) is 68.9 cm³/mol. The third kappa shape index (κ3) is 2.11. The summed E-state index contributed by atoms with van der Waals surface area (Å²) in [6, 6.07) is 5.99. The van der Waals surface area contributed by atoms with Crippen LogP contribution in [-0.2, 0) is 12.6 Å². The van der Waals surface area contributed by atoms with Crippen molar-refractivity contribution in [3.63, 3.8) is 0 Å². The first kappa shape index (κ1) is 12.9. The number of aryl methyl sites for hydroxylation is 1. The zero-order valence-corrected chi connectivity index (χ0v) is 10.8. The Hall–Kier alpha value is -2.11. The van der Waals surface area contributed by atoms with Gasteiger partial charge in [0.15, 0.2) is 0 Å². The molecule has 0 N–H and O–H groups in total. The molecule has 0 amide bonds. The first-order chi connectivity index (χ1) is 9.47. The molecule has 0 atom stereocenters. The fourth-order valence-electron chi connectivity index (χ4n) is 2.47. The van der Waals surface area contributed by atoms with Crippen LogP contribution in [0.4, 0.5) is 24.8 Å². The smallest absolute Gasteiger partial charge is 0.310 e. The van der Waals surface area contributed by atoms with Crippen molar-refractivity contribution in [2.24, 2.45) is 0 Å². The minimum atomic E-state index is -4.32. The van der Waals surface area contributed by atoms with Gasteiger partial charge in [0.05, 0.1) is 5.56 Å². The normalized spacial score (nSPS) is 14.5. The van der Waals surface area contributed by atoms with Crippen LogP contribution in [0.3, 0.4) is 0 Å². The summed E-state index contributed by atoms with van der Waals surface area (Å²) in [6.45, 7) is 2.29. The summed E-state index contributed by atoms with van der Waals surface area (Å²) >= 11 is 0. The van der Waals surface area contributed by atoms with Crippen molar-refractivity contribution in [2.75, 3.05) is 11.4 Å². The van der Waals surface area contributed by atoms with Crippen molar-refractivity contribution in [3.8, 4) is 0 Å². The molecule has 20 heavy (non-hydrogen) atoms. The maximum Gasteiger partial charge on any atom is 0.416 e. The van der Waals surface area contributed by atoms with Gasteiger partial charge in [0, 0.05) is 24.1 Å². The Bertz CT molecular complexity index is 652. The summed E-state index contributed by atoms with van der Waals surface area (Å²) in [5, 5.41) is 0. The topological polar surface area (TPSA) is 29.0 Å². The number of anilines is 2. The molecule has 0 bridgehead atoms. The van der Waals surface area contributed by atoms with E-state index in [4.69, 9.17) is 0 Å². The molecule has 1 aliphatic heterocycles. The van der Waals surface area contributed by atoms with Gasteiger partial charge in [-0.3, -0.25) is 0 Å². The summed E-state index contributed by atoms with van der Waals surface area (Å²) in [6.07, 6.45) is -2.36. The van der Waals surface area contributed by atoms with E-state index in [1.165, 1.54) is 6.07 Å². The van der Waals surface area contributed by atoms with Crippen LogP contribution in [0.2, 0.25) is 0 Å². The third-order valence-corrected chi connectivity index (χ3v) is 3.36. The highest BCUT2D eigenvalue weighted by atomic mass is 19.4. The number of hydrogen-bond acceptors (Lipinski definition) is 3. The summed E-state index contributed by atoms with van der Waals surface area (Å²) < 4.78 is 39.0. The first-order valence-corrected chi connectivity index (χ1v) is 6.23. The molecule has 0 spiro atoms. The second-order valence-electron chi connectivity index (χ2n) is 4.70. The molecule has 0 saturated carbocycles. The average molecular weight is 279 g/mol. The van der Waals surface area contributed by atoms with E-state index < -0.39 is 11.7 Å². The Morgan fingerprint density at radius 1 is 1.20 bits per heavy atom. The molecule has 3 nitrogen and oxygen atoms in total. The average Bonchev–Trinajstić information content (AvgIpc) is 2.81. The Kier molecular flexibility index (Phi) is 2.88. The van der Waals surface area contributed by atoms with Crippen LogP contribution in [0.1, 0.15) is 16.8 Å². The number of hydrogen-bond donors (Lipinski definition) is 0. The van der Waals surface area contributed by atoms with Gasteiger partial charge in [0.2, 0.25) is 5.95 Å². The molecule has 104 valence electrons. The fraction of sp³-hybridized carbons (Fsp3) is 0.286. The van der Waals surface area contributed by atoms with Crippen molar-refractivity contribution in [1.29, 1.82) is 0 Å². The molecule has 3 rings (SSSR count). The Morgan fingerprint density at radius 3 is 2.70 bits per heavy atom. The highest BCUT2D eigenvalue weighted by Gasteiger charge is 2.37. The van der Waals surface area contributed by atoms with Crippen LogP contribution in [0, 0.1) is 6.92 Å². The molecule has 6 heteroatoms. The van der Waals surface area contributed by atoms with Gasteiger partial charge in [-0.1, -0.05) is 6.07 Å². The second-order valence-corrected chi connectivity index (χ2v) is 4.70. The largest absolute Gasteiger partial charge is 0.416 e. The van der Waals surface area contributed by atoms with Gasteiger partial charge < -0.3 is 4.90 Å². The van der Waals surface area contributed by atoms with Gasteiger partial charge in [0.25, 0.3) is 0 Å². The summed E-state index contributed by atoms with van der Waals surface area (Å²) in [4.78, 5) is 10.2. The lowest BCUT2D eigenvalue weighted by Crippen LogP contribution is -2.16. The van der Waals surface area contributed by atoms with E-state index in [9.17, 15) is 13.2 Å². The van der Waals surface area contributed by atoms with E-state index in [-0.39, 0.29) is 0 Å². The zero-order valence-electron chi connectivity index (χ0n) is 10.8. The standard InChI is InChI=1S/C14H12F3N3/c1-9-5-7-18-13(19-9)20-8-6-10-11(14(15,16)17)3-2-4-12(10)20/h2-5,7H,6,8H2,1H3. The lowest BCUT2D eigenvalue weighted by Gasteiger charge is -2.18. The van der Waals surface area contributed by atoms with E-state index >= 15 is 0 Å². The van der Waals surface area contributed by atoms with Crippen molar-refractivity contribution in [1.82, 2.24) is 9.97 Å². The molecular formula is C14H12F3N3. The minimum Gasteiger partial charge on any atom is -0.310 e. The van der Waals surface area contributed by atoms with Crippen molar-refractivity contribution in [3.05, 3.63) is 47.3 Å². The Balaban J connectivity index is 2.07. The number of alkyl halides is 3. The van der Waals surface area contributed by atoms with Crippen LogP contribution in [0.25, 0.3) is 0 Å².